The molecule has 0 amide bonds. The second-order valence-corrected chi connectivity index (χ2v) is 14.9. The van der Waals surface area contributed by atoms with Crippen LogP contribution in [0.2, 0.25) is 0 Å². The molecule has 4 heterocycles. The average molecular weight is 571 g/mol. The predicted octanol–water partition coefficient (Wildman–Crippen LogP) is 2.66. The van der Waals surface area contributed by atoms with Crippen molar-refractivity contribution in [1.82, 2.24) is 9.80 Å². The molecule has 2 spiro atoms. The molecule has 2 aromatic rings. The van der Waals surface area contributed by atoms with Crippen molar-refractivity contribution in [2.24, 2.45) is 17.8 Å². The highest BCUT2D eigenvalue weighted by molar-refractivity contribution is 5.92. The Kier molecular flexibility index (Phi) is 4.37. The number of aromatic hydroxyl groups is 2. The number of Topliss-reactive ketones (excluding diaryl/α,β-unsaturated/α-hetero) is 1. The van der Waals surface area contributed by atoms with Crippen molar-refractivity contribution in [1.29, 1.82) is 0 Å². The molecular weight excluding hydrogens is 532 g/mol. The van der Waals surface area contributed by atoms with Gasteiger partial charge >= 0.3 is 0 Å². The minimum absolute atomic E-state index is 0.0420. The SMILES string of the molecule is CN1CC[C@]23c4c5ccc(O)c4O[C@H]2[C@@](O)([C@H]2C[C@@H]4[C@@H]6Cc7ccc(O)c8c7[C@]4(CCN6C)[C@H](O8)C2=O)CC[C@H]3[C@H]1C5. The summed E-state index contributed by atoms with van der Waals surface area (Å²) >= 11 is 0. The van der Waals surface area contributed by atoms with Gasteiger partial charge in [0, 0.05) is 34.0 Å². The Morgan fingerprint density at radius 1 is 0.810 bits per heavy atom. The lowest BCUT2D eigenvalue weighted by atomic mass is 9.44. The van der Waals surface area contributed by atoms with Gasteiger partial charge in [0.25, 0.3) is 0 Å². The van der Waals surface area contributed by atoms with Gasteiger partial charge < -0.3 is 34.6 Å². The van der Waals surface area contributed by atoms with Gasteiger partial charge in [-0.15, -0.1) is 0 Å². The van der Waals surface area contributed by atoms with Crippen LogP contribution in [0.15, 0.2) is 24.3 Å². The fraction of sp³-hybridized carbons (Fsp3) is 0.618. The predicted molar refractivity (Wildman–Crippen MR) is 152 cm³/mol. The number of hydrogen-bond acceptors (Lipinski definition) is 8. The number of ketones is 1. The Morgan fingerprint density at radius 2 is 1.40 bits per heavy atom. The smallest absolute Gasteiger partial charge is 0.180 e. The standard InChI is InChI=1S/C34H38N2O6/c1-35-12-10-33-18-7-8-34(40,31(33)42-29-24(38)6-4-17(26(29)33)13-21(18)35)20-15-19-22-14-16-3-5-23(37)28-25(16)32(19,9-11-36(22)2)30(41-28)27(20)39/h3-6,18-22,30-31,37-38,40H,7-15H2,1-2H3/t18-,19+,20-,21+,22-,30+,31+,32+,33-,34-/m0/s1. The highest BCUT2D eigenvalue weighted by atomic mass is 16.5. The van der Waals surface area contributed by atoms with Crippen LogP contribution in [0, 0.1) is 17.8 Å². The molecule has 4 aliphatic heterocycles. The molecule has 2 saturated carbocycles. The van der Waals surface area contributed by atoms with E-state index in [-0.39, 0.29) is 29.2 Å². The van der Waals surface area contributed by atoms with E-state index in [1.807, 2.05) is 12.1 Å². The summed E-state index contributed by atoms with van der Waals surface area (Å²) in [6, 6.07) is 8.09. The lowest BCUT2D eigenvalue weighted by molar-refractivity contribution is -0.202. The molecule has 4 fully saturated rings. The number of hydrogen-bond donors (Lipinski definition) is 3. The third-order valence-corrected chi connectivity index (χ3v) is 13.8. The summed E-state index contributed by atoms with van der Waals surface area (Å²) < 4.78 is 13.3. The Hall–Kier alpha value is -2.81. The Balaban J connectivity index is 1.13. The van der Waals surface area contributed by atoms with E-state index in [0.717, 1.165) is 56.3 Å². The lowest BCUT2D eigenvalue weighted by Gasteiger charge is -2.64. The molecule has 3 N–H and O–H groups in total. The number of rotatable bonds is 1. The molecule has 4 aliphatic carbocycles. The van der Waals surface area contributed by atoms with Crippen molar-refractivity contribution in [2.75, 3.05) is 27.2 Å². The number of benzene rings is 2. The molecule has 0 unspecified atom stereocenters. The molecule has 2 aromatic carbocycles. The third-order valence-electron chi connectivity index (χ3n) is 13.8. The van der Waals surface area contributed by atoms with Crippen LogP contribution >= 0.6 is 0 Å². The van der Waals surface area contributed by atoms with Gasteiger partial charge in [-0.2, -0.15) is 0 Å². The fourth-order valence-electron chi connectivity index (χ4n) is 12.1. The zero-order chi connectivity index (χ0) is 28.5. The molecule has 8 nitrogen and oxygen atoms in total. The number of carbonyl (C=O) groups is 1. The highest BCUT2D eigenvalue weighted by Crippen LogP contribution is 2.69. The molecule has 10 rings (SSSR count). The highest BCUT2D eigenvalue weighted by Gasteiger charge is 2.75. The van der Waals surface area contributed by atoms with E-state index in [0.29, 0.717) is 36.3 Å². The first-order valence-corrected chi connectivity index (χ1v) is 15.9. The third kappa shape index (κ3) is 2.44. The Labute approximate surface area is 245 Å². The Bertz CT molecular complexity index is 1610. The van der Waals surface area contributed by atoms with E-state index in [1.165, 1.54) is 11.1 Å². The van der Waals surface area contributed by atoms with Crippen LogP contribution in [0.4, 0.5) is 0 Å². The maximum Gasteiger partial charge on any atom is 0.180 e. The summed E-state index contributed by atoms with van der Waals surface area (Å²) in [7, 11) is 4.39. The normalized spacial score (nSPS) is 45.6. The average Bonchev–Trinajstić information content (AvgIpc) is 3.52. The molecule has 10 atom stereocenters. The van der Waals surface area contributed by atoms with Crippen molar-refractivity contribution in [3.05, 3.63) is 46.5 Å². The van der Waals surface area contributed by atoms with Crippen LogP contribution in [0.3, 0.4) is 0 Å². The van der Waals surface area contributed by atoms with E-state index in [2.05, 4.69) is 23.9 Å². The maximum absolute atomic E-state index is 14.9. The molecular formula is C34H38N2O6. The minimum atomic E-state index is -1.39. The van der Waals surface area contributed by atoms with Crippen molar-refractivity contribution < 1.29 is 29.6 Å². The van der Waals surface area contributed by atoms with E-state index in [9.17, 15) is 20.1 Å². The number of phenolic OH excluding ortho intramolecular Hbond substituents is 2. The summed E-state index contributed by atoms with van der Waals surface area (Å²) in [5.41, 5.74) is 2.25. The van der Waals surface area contributed by atoms with Gasteiger partial charge in [-0.3, -0.25) is 4.79 Å². The topological polar surface area (TPSA) is 103 Å². The van der Waals surface area contributed by atoms with E-state index >= 15 is 0 Å². The first-order chi connectivity index (χ1) is 20.2. The fourth-order valence-corrected chi connectivity index (χ4v) is 12.1. The Morgan fingerprint density at radius 3 is 2.10 bits per heavy atom. The second kappa shape index (κ2) is 7.45. The van der Waals surface area contributed by atoms with Crippen LogP contribution in [0.5, 0.6) is 23.0 Å². The quantitative estimate of drug-likeness (QED) is 0.481. The van der Waals surface area contributed by atoms with Crippen molar-refractivity contribution >= 4 is 5.78 Å². The summed E-state index contributed by atoms with van der Waals surface area (Å²) in [4.78, 5) is 19.8. The molecule has 220 valence electrons. The first-order valence-electron chi connectivity index (χ1n) is 15.9. The number of nitrogens with zero attached hydrogens (tertiary/aromatic N) is 2. The van der Waals surface area contributed by atoms with Gasteiger partial charge in [-0.25, -0.2) is 0 Å². The number of piperidine rings is 2. The molecule has 2 saturated heterocycles. The first kappa shape index (κ1) is 24.6. The molecule has 0 radical (unpaired) electrons. The summed E-state index contributed by atoms with van der Waals surface area (Å²) in [5, 5.41) is 35.0. The van der Waals surface area contributed by atoms with Gasteiger partial charge in [0.1, 0.15) is 11.7 Å². The molecule has 8 heteroatoms. The maximum atomic E-state index is 14.9. The van der Waals surface area contributed by atoms with Gasteiger partial charge in [0.15, 0.2) is 34.9 Å². The van der Waals surface area contributed by atoms with Crippen molar-refractivity contribution in [2.45, 2.75) is 85.7 Å². The largest absolute Gasteiger partial charge is 0.504 e. The van der Waals surface area contributed by atoms with Gasteiger partial charge in [0.05, 0.1) is 5.92 Å². The van der Waals surface area contributed by atoms with Gasteiger partial charge in [-0.05, 0) is 107 Å². The minimum Gasteiger partial charge on any atom is -0.504 e. The number of aliphatic hydroxyl groups is 1. The van der Waals surface area contributed by atoms with Crippen LogP contribution in [0.25, 0.3) is 0 Å². The number of ether oxygens (including phenoxy) is 2. The van der Waals surface area contributed by atoms with E-state index < -0.39 is 34.6 Å². The molecule has 8 aliphatic rings. The number of phenols is 2. The number of likely N-dealkylation sites (N-methyl/N-ethyl adjacent to an activating group) is 2. The van der Waals surface area contributed by atoms with Crippen LogP contribution in [0.1, 0.15) is 54.4 Å². The summed E-state index contributed by atoms with van der Waals surface area (Å²) in [6.07, 6.45) is 3.98. The van der Waals surface area contributed by atoms with E-state index in [4.69, 9.17) is 9.47 Å². The van der Waals surface area contributed by atoms with Crippen LogP contribution in [-0.4, -0.2) is 88.0 Å². The van der Waals surface area contributed by atoms with Gasteiger partial charge in [0.2, 0.25) is 0 Å². The van der Waals surface area contributed by atoms with Crippen LogP contribution < -0.4 is 9.47 Å². The molecule has 0 aromatic heterocycles. The number of likely N-dealkylation sites (tertiary alicyclic amines) is 2. The van der Waals surface area contributed by atoms with Gasteiger partial charge in [-0.1, -0.05) is 12.1 Å². The van der Waals surface area contributed by atoms with Crippen molar-refractivity contribution in [3.8, 4) is 23.0 Å². The second-order valence-electron chi connectivity index (χ2n) is 14.9. The summed E-state index contributed by atoms with van der Waals surface area (Å²) in [5.74, 6) is 0.987. The number of carbonyl (C=O) groups excluding carboxylic acids is 1. The lowest BCUT2D eigenvalue weighted by Crippen LogP contribution is -2.74. The zero-order valence-electron chi connectivity index (χ0n) is 24.2. The molecule has 4 bridgehead atoms. The monoisotopic (exact) mass is 570 g/mol. The summed E-state index contributed by atoms with van der Waals surface area (Å²) in [6.45, 7) is 1.77. The van der Waals surface area contributed by atoms with Crippen LogP contribution in [-0.2, 0) is 28.5 Å². The van der Waals surface area contributed by atoms with Crippen molar-refractivity contribution in [3.63, 3.8) is 0 Å². The van der Waals surface area contributed by atoms with E-state index in [1.54, 1.807) is 12.1 Å². The molecule has 42 heavy (non-hydrogen) atoms. The zero-order valence-corrected chi connectivity index (χ0v) is 24.2.